The lowest BCUT2D eigenvalue weighted by atomic mass is 9.83. The van der Waals surface area contributed by atoms with Gasteiger partial charge in [0, 0.05) is 33.8 Å². The molecule has 0 bridgehead atoms. The first-order valence-electron chi connectivity index (χ1n) is 12.8. The first-order valence-corrected chi connectivity index (χ1v) is 12.8. The van der Waals surface area contributed by atoms with Gasteiger partial charge in [-0.05, 0) is 48.9 Å². The van der Waals surface area contributed by atoms with Crippen LogP contribution in [0, 0.1) is 5.82 Å². The highest BCUT2D eigenvalue weighted by atomic mass is 19.1. The molecule has 196 valence electrons. The van der Waals surface area contributed by atoms with Crippen LogP contribution in [0.5, 0.6) is 5.75 Å². The van der Waals surface area contributed by atoms with E-state index in [0.29, 0.717) is 50.8 Å². The van der Waals surface area contributed by atoms with Gasteiger partial charge in [0.1, 0.15) is 47.5 Å². The number of halogens is 1. The van der Waals surface area contributed by atoms with Crippen LogP contribution in [0.2, 0.25) is 0 Å². The van der Waals surface area contributed by atoms with Crippen LogP contribution < -0.4 is 10.5 Å². The van der Waals surface area contributed by atoms with Gasteiger partial charge < -0.3 is 20.2 Å². The van der Waals surface area contributed by atoms with Crippen LogP contribution in [0.4, 0.5) is 10.2 Å². The summed E-state index contributed by atoms with van der Waals surface area (Å²) in [6.45, 7) is 1.91. The number of ether oxygens (including phenoxy) is 1. The van der Waals surface area contributed by atoms with E-state index in [1.165, 1.54) is 18.5 Å². The van der Waals surface area contributed by atoms with Gasteiger partial charge in [-0.25, -0.2) is 19.0 Å². The number of nitrogens with one attached hydrogen (secondary N) is 1. The molecule has 0 saturated heterocycles. The zero-order chi connectivity index (χ0) is 27.4. The quantitative estimate of drug-likeness (QED) is 0.263. The SMILES string of the molecule is CC(C1=C(c2cccc(F)c2)C(C=O)c2ccccc2O1)n1nc(-c2ccc3[nH]ccc3c2)c2c(N)ncnc21. The summed E-state index contributed by atoms with van der Waals surface area (Å²) in [5, 5.41) is 6.63. The Morgan fingerprint density at radius 2 is 1.93 bits per heavy atom. The minimum Gasteiger partial charge on any atom is -0.459 e. The number of aromatic amines is 1. The maximum absolute atomic E-state index is 14.4. The Morgan fingerprint density at radius 3 is 2.77 bits per heavy atom. The fourth-order valence-corrected chi connectivity index (χ4v) is 5.52. The Morgan fingerprint density at radius 1 is 1.05 bits per heavy atom. The van der Waals surface area contributed by atoms with Crippen molar-refractivity contribution in [2.75, 3.05) is 5.73 Å². The van der Waals surface area contributed by atoms with Gasteiger partial charge >= 0.3 is 0 Å². The number of aldehydes is 1. The molecule has 2 unspecified atom stereocenters. The number of aromatic nitrogens is 5. The number of carbonyl (C=O) groups excluding carboxylic acids is 1. The van der Waals surface area contributed by atoms with Gasteiger partial charge in [0.25, 0.3) is 0 Å². The number of benzene rings is 3. The number of anilines is 1. The van der Waals surface area contributed by atoms with Gasteiger partial charge in [0.15, 0.2) is 5.65 Å². The van der Waals surface area contributed by atoms with Crippen molar-refractivity contribution in [1.29, 1.82) is 0 Å². The third-order valence-electron chi connectivity index (χ3n) is 7.41. The van der Waals surface area contributed by atoms with Crippen molar-refractivity contribution < 1.29 is 13.9 Å². The highest BCUT2D eigenvalue weighted by Gasteiger charge is 2.35. The third-order valence-corrected chi connectivity index (χ3v) is 7.41. The molecule has 3 N–H and O–H groups in total. The van der Waals surface area contributed by atoms with E-state index in [9.17, 15) is 9.18 Å². The topological polar surface area (TPSA) is 112 Å². The molecule has 0 saturated carbocycles. The first kappa shape index (κ1) is 23.8. The minimum absolute atomic E-state index is 0.299. The summed E-state index contributed by atoms with van der Waals surface area (Å²) in [5.41, 5.74) is 11.2. The summed E-state index contributed by atoms with van der Waals surface area (Å²) in [6.07, 6.45) is 4.15. The molecule has 4 heterocycles. The van der Waals surface area contributed by atoms with Crippen LogP contribution in [0.15, 0.2) is 91.1 Å². The standard InChI is InChI=1S/C31H23FN6O2/c1-17(29-26(19-5-4-6-21(32)14-19)23(15-39)22-7-2-3-8-25(22)40-29)38-31-27(30(33)35-16-36-31)28(37-38)20-9-10-24-18(13-20)11-12-34-24/h2-17,23,34H,1H3,(H2,33,35,36). The number of nitrogens with two attached hydrogens (primary N) is 1. The predicted octanol–water partition coefficient (Wildman–Crippen LogP) is 6.04. The molecule has 7 rings (SSSR count). The summed E-state index contributed by atoms with van der Waals surface area (Å²) in [6, 6.07) is 21.0. The van der Waals surface area contributed by atoms with Gasteiger partial charge in [0.05, 0.1) is 11.3 Å². The normalized spacial score (nSPS) is 15.7. The first-order chi connectivity index (χ1) is 19.5. The van der Waals surface area contributed by atoms with Crippen molar-refractivity contribution in [1.82, 2.24) is 24.7 Å². The minimum atomic E-state index is -0.666. The molecule has 1 aliphatic rings. The van der Waals surface area contributed by atoms with E-state index in [0.717, 1.165) is 22.8 Å². The predicted molar refractivity (Wildman–Crippen MR) is 151 cm³/mol. The van der Waals surface area contributed by atoms with Gasteiger partial charge in [-0.2, -0.15) is 5.10 Å². The number of H-pyrrole nitrogens is 1. The van der Waals surface area contributed by atoms with Gasteiger partial charge in [-0.1, -0.05) is 36.4 Å². The van der Waals surface area contributed by atoms with Crippen LogP contribution in [-0.4, -0.2) is 31.0 Å². The number of nitrogens with zero attached hydrogens (tertiary/aromatic N) is 4. The summed E-state index contributed by atoms with van der Waals surface area (Å²) in [4.78, 5) is 24.6. The number of nitrogen functional groups attached to an aromatic ring is 1. The molecule has 0 fully saturated rings. The lowest BCUT2D eigenvalue weighted by molar-refractivity contribution is -0.108. The van der Waals surface area contributed by atoms with E-state index in [1.54, 1.807) is 16.8 Å². The lowest BCUT2D eigenvalue weighted by Gasteiger charge is -2.31. The van der Waals surface area contributed by atoms with E-state index < -0.39 is 17.8 Å². The fourth-order valence-electron chi connectivity index (χ4n) is 5.52. The molecule has 1 aliphatic heterocycles. The molecule has 3 aromatic heterocycles. The molecule has 0 spiro atoms. The van der Waals surface area contributed by atoms with Crippen LogP contribution >= 0.6 is 0 Å². The second kappa shape index (κ2) is 9.16. The molecular weight excluding hydrogens is 507 g/mol. The van der Waals surface area contributed by atoms with Crippen molar-refractivity contribution >= 4 is 39.6 Å². The Hall–Kier alpha value is -5.31. The highest BCUT2D eigenvalue weighted by Crippen LogP contribution is 2.46. The van der Waals surface area contributed by atoms with Crippen molar-refractivity contribution in [3.8, 4) is 17.0 Å². The number of para-hydroxylation sites is 1. The number of fused-ring (bicyclic) bond motifs is 3. The largest absolute Gasteiger partial charge is 0.459 e. The van der Waals surface area contributed by atoms with Crippen LogP contribution in [-0.2, 0) is 4.79 Å². The summed E-state index contributed by atoms with van der Waals surface area (Å²) < 4.78 is 22.6. The molecule has 40 heavy (non-hydrogen) atoms. The summed E-state index contributed by atoms with van der Waals surface area (Å²) in [7, 11) is 0. The number of rotatable bonds is 5. The number of hydrogen-bond acceptors (Lipinski definition) is 6. The molecule has 0 aliphatic carbocycles. The molecular formula is C31H23FN6O2. The number of allylic oxidation sites excluding steroid dienone is 2. The van der Waals surface area contributed by atoms with Gasteiger partial charge in [0.2, 0.25) is 0 Å². The van der Waals surface area contributed by atoms with E-state index in [-0.39, 0.29) is 0 Å². The molecule has 2 atom stereocenters. The Kier molecular flexibility index (Phi) is 5.45. The number of hydrogen-bond donors (Lipinski definition) is 2. The lowest BCUT2D eigenvalue weighted by Crippen LogP contribution is -2.23. The van der Waals surface area contributed by atoms with Crippen molar-refractivity contribution in [2.45, 2.75) is 18.9 Å². The van der Waals surface area contributed by atoms with E-state index in [1.807, 2.05) is 61.7 Å². The second-order valence-corrected chi connectivity index (χ2v) is 9.75. The van der Waals surface area contributed by atoms with Crippen molar-refractivity contribution in [3.05, 3.63) is 108 Å². The van der Waals surface area contributed by atoms with Crippen molar-refractivity contribution in [2.24, 2.45) is 0 Å². The molecule has 6 aromatic rings. The molecule has 8 nitrogen and oxygen atoms in total. The Balaban J connectivity index is 1.47. The molecule has 9 heteroatoms. The molecule has 3 aromatic carbocycles. The van der Waals surface area contributed by atoms with Crippen LogP contribution in [0.1, 0.15) is 30.0 Å². The Labute approximate surface area is 227 Å². The maximum Gasteiger partial charge on any atom is 0.164 e. The number of carbonyl (C=O) groups is 1. The highest BCUT2D eigenvalue weighted by molar-refractivity contribution is 6.00. The second-order valence-electron chi connectivity index (χ2n) is 9.75. The molecule has 0 radical (unpaired) electrons. The maximum atomic E-state index is 14.4. The van der Waals surface area contributed by atoms with E-state index in [2.05, 4.69) is 15.0 Å². The van der Waals surface area contributed by atoms with Gasteiger partial charge in [-0.3, -0.25) is 0 Å². The molecule has 0 amide bonds. The van der Waals surface area contributed by atoms with Crippen LogP contribution in [0.25, 0.3) is 38.8 Å². The van der Waals surface area contributed by atoms with Crippen molar-refractivity contribution in [3.63, 3.8) is 0 Å². The summed E-state index contributed by atoms with van der Waals surface area (Å²) >= 11 is 0. The zero-order valence-corrected chi connectivity index (χ0v) is 21.4. The van der Waals surface area contributed by atoms with Crippen LogP contribution in [0.3, 0.4) is 0 Å². The average molecular weight is 531 g/mol. The smallest absolute Gasteiger partial charge is 0.164 e. The van der Waals surface area contributed by atoms with E-state index >= 15 is 0 Å². The van der Waals surface area contributed by atoms with E-state index in [4.69, 9.17) is 15.6 Å². The summed E-state index contributed by atoms with van der Waals surface area (Å²) in [5.74, 6) is 0.253. The zero-order valence-electron chi connectivity index (χ0n) is 21.4. The monoisotopic (exact) mass is 530 g/mol. The third kappa shape index (κ3) is 3.66. The average Bonchev–Trinajstić information content (AvgIpc) is 3.61. The Bertz CT molecular complexity index is 1970. The van der Waals surface area contributed by atoms with Gasteiger partial charge in [-0.15, -0.1) is 0 Å². The fraction of sp³-hybridized carbons (Fsp3) is 0.0968.